The van der Waals surface area contributed by atoms with E-state index in [2.05, 4.69) is 47.5 Å². The molecule has 94 valence electrons. The normalized spacial score (nSPS) is 10.2. The van der Waals surface area contributed by atoms with Crippen molar-refractivity contribution in [3.05, 3.63) is 45.5 Å². The molecule has 0 saturated carbocycles. The van der Waals surface area contributed by atoms with Gasteiger partial charge in [0.15, 0.2) is 0 Å². The van der Waals surface area contributed by atoms with E-state index in [1.807, 2.05) is 37.3 Å². The van der Waals surface area contributed by atoms with E-state index < -0.39 is 0 Å². The summed E-state index contributed by atoms with van der Waals surface area (Å²) in [6.45, 7) is 2.91. The molecule has 0 fully saturated rings. The second-order valence-electron chi connectivity index (χ2n) is 3.71. The van der Waals surface area contributed by atoms with Crippen molar-refractivity contribution in [3.8, 4) is 0 Å². The van der Waals surface area contributed by atoms with Gasteiger partial charge in [-0.2, -0.15) is 0 Å². The van der Waals surface area contributed by atoms with Crippen molar-refractivity contribution in [1.82, 2.24) is 4.98 Å². The summed E-state index contributed by atoms with van der Waals surface area (Å²) in [5.74, 6) is 0.871. The van der Waals surface area contributed by atoms with Gasteiger partial charge in [0.25, 0.3) is 0 Å². The lowest BCUT2D eigenvalue weighted by Gasteiger charge is -2.10. The highest BCUT2D eigenvalue weighted by Crippen LogP contribution is 2.29. The summed E-state index contributed by atoms with van der Waals surface area (Å²) in [5.41, 5.74) is 2.02. The molecule has 0 spiro atoms. The Morgan fingerprint density at radius 3 is 2.72 bits per heavy atom. The molecule has 3 nitrogen and oxygen atoms in total. The van der Waals surface area contributed by atoms with Gasteiger partial charge in [0.1, 0.15) is 5.82 Å². The maximum absolute atomic E-state index is 4.24. The topological polar surface area (TPSA) is 37.0 Å². The molecule has 0 bridgehead atoms. The van der Waals surface area contributed by atoms with Crippen LogP contribution in [-0.4, -0.2) is 11.5 Å². The average molecular weight is 371 g/mol. The highest BCUT2D eigenvalue weighted by Gasteiger charge is 2.02. The zero-order chi connectivity index (χ0) is 13.0. The third-order valence-corrected chi connectivity index (χ3v) is 3.48. The predicted molar refractivity (Wildman–Crippen MR) is 83.5 cm³/mol. The van der Waals surface area contributed by atoms with Crippen LogP contribution in [0.4, 0.5) is 17.2 Å². The molecule has 0 atom stereocenters. The van der Waals surface area contributed by atoms with Gasteiger partial charge in [-0.1, -0.05) is 15.9 Å². The number of hydrogen-bond donors (Lipinski definition) is 2. The van der Waals surface area contributed by atoms with Crippen molar-refractivity contribution in [1.29, 1.82) is 0 Å². The molecule has 0 aliphatic carbocycles. The van der Waals surface area contributed by atoms with Gasteiger partial charge in [-0.15, -0.1) is 0 Å². The lowest BCUT2D eigenvalue weighted by Crippen LogP contribution is -2.00. The third-order valence-electron chi connectivity index (χ3n) is 2.33. The van der Waals surface area contributed by atoms with Crippen LogP contribution >= 0.6 is 31.9 Å². The summed E-state index contributed by atoms with van der Waals surface area (Å²) in [4.78, 5) is 4.24. The van der Waals surface area contributed by atoms with Crippen LogP contribution in [0.15, 0.2) is 45.5 Å². The molecule has 1 aromatic carbocycles. The summed E-state index contributed by atoms with van der Waals surface area (Å²) in [6.07, 6.45) is 1.78. The number of anilines is 3. The molecule has 5 heteroatoms. The molecule has 0 amide bonds. The summed E-state index contributed by atoms with van der Waals surface area (Å²) in [6, 6.07) is 9.95. The number of benzene rings is 1. The van der Waals surface area contributed by atoms with Crippen LogP contribution in [0.1, 0.15) is 6.92 Å². The molecule has 0 aliphatic rings. The van der Waals surface area contributed by atoms with E-state index in [1.54, 1.807) is 6.20 Å². The smallest absolute Gasteiger partial charge is 0.127 e. The van der Waals surface area contributed by atoms with E-state index in [1.165, 1.54) is 0 Å². The van der Waals surface area contributed by atoms with Crippen LogP contribution in [0.25, 0.3) is 0 Å². The van der Waals surface area contributed by atoms with Crippen molar-refractivity contribution in [2.24, 2.45) is 0 Å². The molecule has 1 heterocycles. The van der Waals surface area contributed by atoms with Gasteiger partial charge in [0.05, 0.1) is 5.69 Å². The number of nitrogens with zero attached hydrogens (tertiary/aromatic N) is 1. The van der Waals surface area contributed by atoms with Crippen LogP contribution < -0.4 is 10.6 Å². The maximum atomic E-state index is 4.24. The Labute approximate surface area is 123 Å². The van der Waals surface area contributed by atoms with E-state index >= 15 is 0 Å². The fourth-order valence-electron chi connectivity index (χ4n) is 1.53. The molecular formula is C13H13Br2N3. The van der Waals surface area contributed by atoms with E-state index in [9.17, 15) is 0 Å². The average Bonchev–Trinajstić information content (AvgIpc) is 2.34. The van der Waals surface area contributed by atoms with Gasteiger partial charge in [0.2, 0.25) is 0 Å². The molecule has 0 saturated heterocycles. The molecule has 18 heavy (non-hydrogen) atoms. The van der Waals surface area contributed by atoms with Crippen LogP contribution in [0, 0.1) is 0 Å². The Balaban J connectivity index is 2.20. The quantitative estimate of drug-likeness (QED) is 0.812. The lowest BCUT2D eigenvalue weighted by atomic mass is 10.3. The van der Waals surface area contributed by atoms with Gasteiger partial charge in [0, 0.05) is 33.4 Å². The van der Waals surface area contributed by atoms with Crippen LogP contribution in [0.5, 0.6) is 0 Å². The number of rotatable bonds is 4. The summed E-state index contributed by atoms with van der Waals surface area (Å²) in [7, 11) is 0. The van der Waals surface area contributed by atoms with Gasteiger partial charge in [-0.25, -0.2) is 4.98 Å². The Morgan fingerprint density at radius 1 is 1.17 bits per heavy atom. The molecule has 1 aromatic heterocycles. The molecule has 0 radical (unpaired) electrons. The molecule has 2 N–H and O–H groups in total. The number of pyridine rings is 1. The molecule has 0 unspecified atom stereocenters. The molecule has 0 aliphatic heterocycles. The number of halogens is 2. The zero-order valence-corrected chi connectivity index (χ0v) is 13.0. The van der Waals surface area contributed by atoms with E-state index in [4.69, 9.17) is 0 Å². The Kier molecular flexibility index (Phi) is 4.60. The first-order chi connectivity index (χ1) is 8.69. The summed E-state index contributed by atoms with van der Waals surface area (Å²) in [5, 5.41) is 6.54. The van der Waals surface area contributed by atoms with E-state index in [0.29, 0.717) is 0 Å². The minimum absolute atomic E-state index is 0.860. The van der Waals surface area contributed by atoms with Crippen molar-refractivity contribution in [2.75, 3.05) is 17.2 Å². The SMILES string of the molecule is CCNc1cc(Nc2ccc(Br)cc2Br)ccn1. The minimum atomic E-state index is 0.860. The predicted octanol–water partition coefficient (Wildman–Crippen LogP) is 4.78. The van der Waals surface area contributed by atoms with E-state index in [0.717, 1.165) is 32.7 Å². The van der Waals surface area contributed by atoms with Crippen LogP contribution in [-0.2, 0) is 0 Å². The van der Waals surface area contributed by atoms with Gasteiger partial charge in [-0.05, 0) is 47.1 Å². The first-order valence-corrected chi connectivity index (χ1v) is 7.19. The second-order valence-corrected chi connectivity index (χ2v) is 5.48. The number of aromatic nitrogens is 1. The van der Waals surface area contributed by atoms with Gasteiger partial charge >= 0.3 is 0 Å². The maximum Gasteiger partial charge on any atom is 0.127 e. The third kappa shape index (κ3) is 3.46. The fourth-order valence-corrected chi connectivity index (χ4v) is 2.68. The van der Waals surface area contributed by atoms with Crippen molar-refractivity contribution < 1.29 is 0 Å². The molecular weight excluding hydrogens is 358 g/mol. The highest BCUT2D eigenvalue weighted by molar-refractivity contribution is 9.11. The first-order valence-electron chi connectivity index (χ1n) is 5.61. The Hall–Kier alpha value is -1.07. The Morgan fingerprint density at radius 2 is 2.00 bits per heavy atom. The largest absolute Gasteiger partial charge is 0.370 e. The van der Waals surface area contributed by atoms with Crippen LogP contribution in [0.2, 0.25) is 0 Å². The zero-order valence-electron chi connectivity index (χ0n) is 9.87. The Bertz CT molecular complexity index is 544. The summed E-state index contributed by atoms with van der Waals surface area (Å²) >= 11 is 6.97. The lowest BCUT2D eigenvalue weighted by molar-refractivity contribution is 1.16. The van der Waals surface area contributed by atoms with Gasteiger partial charge in [-0.3, -0.25) is 0 Å². The first kappa shape index (κ1) is 13.4. The molecule has 2 aromatic rings. The van der Waals surface area contributed by atoms with Crippen molar-refractivity contribution in [3.63, 3.8) is 0 Å². The number of nitrogens with one attached hydrogen (secondary N) is 2. The number of hydrogen-bond acceptors (Lipinski definition) is 3. The second kappa shape index (κ2) is 6.20. The minimum Gasteiger partial charge on any atom is -0.370 e. The van der Waals surface area contributed by atoms with Crippen LogP contribution in [0.3, 0.4) is 0 Å². The van der Waals surface area contributed by atoms with Gasteiger partial charge < -0.3 is 10.6 Å². The monoisotopic (exact) mass is 369 g/mol. The molecule has 2 rings (SSSR count). The van der Waals surface area contributed by atoms with E-state index in [-0.39, 0.29) is 0 Å². The highest BCUT2D eigenvalue weighted by atomic mass is 79.9. The summed E-state index contributed by atoms with van der Waals surface area (Å²) < 4.78 is 2.06. The van der Waals surface area contributed by atoms with Crippen molar-refractivity contribution >= 4 is 49.1 Å². The standard InChI is InChI=1S/C13H13Br2N3/c1-2-16-13-8-10(5-6-17-13)18-12-4-3-9(14)7-11(12)15/h3-8H,2H2,1H3,(H2,16,17,18). The van der Waals surface area contributed by atoms with Crippen molar-refractivity contribution in [2.45, 2.75) is 6.92 Å². The fraction of sp³-hybridized carbons (Fsp3) is 0.154.